The largest absolute Gasteiger partial charge is 0.372 e. The van der Waals surface area contributed by atoms with Crippen molar-refractivity contribution in [3.63, 3.8) is 0 Å². The number of hydrogen-bond acceptors (Lipinski definition) is 4. The van der Waals surface area contributed by atoms with Gasteiger partial charge in [0.05, 0.1) is 10.2 Å². The third kappa shape index (κ3) is 2.14. The SMILES string of the molecule is CNc1nc(C2(OC)CCC2)nc(C(C)C)c1Br. The molecule has 0 radical (unpaired) electrons. The highest BCUT2D eigenvalue weighted by Gasteiger charge is 2.42. The lowest BCUT2D eigenvalue weighted by atomic mass is 9.79. The van der Waals surface area contributed by atoms with Gasteiger partial charge in [-0.3, -0.25) is 0 Å². The van der Waals surface area contributed by atoms with E-state index in [1.807, 2.05) is 7.05 Å². The Morgan fingerprint density at radius 3 is 2.39 bits per heavy atom. The molecule has 0 unspecified atom stereocenters. The number of nitrogens with zero attached hydrogens (tertiary/aromatic N) is 2. The lowest BCUT2D eigenvalue weighted by Gasteiger charge is -2.39. The molecule has 1 fully saturated rings. The zero-order valence-corrected chi connectivity index (χ0v) is 13.0. The van der Waals surface area contributed by atoms with Crippen molar-refractivity contribution < 1.29 is 4.74 Å². The van der Waals surface area contributed by atoms with Crippen LogP contribution in [0.5, 0.6) is 0 Å². The zero-order valence-electron chi connectivity index (χ0n) is 11.4. The molecule has 0 aromatic carbocycles. The molecule has 0 spiro atoms. The van der Waals surface area contributed by atoms with E-state index >= 15 is 0 Å². The minimum absolute atomic E-state index is 0.268. The number of hydrogen-bond donors (Lipinski definition) is 1. The minimum Gasteiger partial charge on any atom is -0.372 e. The quantitative estimate of drug-likeness (QED) is 0.925. The van der Waals surface area contributed by atoms with E-state index in [1.54, 1.807) is 7.11 Å². The molecule has 1 aromatic heterocycles. The van der Waals surface area contributed by atoms with Gasteiger partial charge in [0.25, 0.3) is 0 Å². The maximum Gasteiger partial charge on any atom is 0.162 e. The van der Waals surface area contributed by atoms with Crippen molar-refractivity contribution in [1.82, 2.24) is 9.97 Å². The number of ether oxygens (including phenoxy) is 1. The molecule has 0 bridgehead atoms. The number of anilines is 1. The molecular weight excluding hydrogens is 294 g/mol. The molecule has 2 rings (SSSR count). The van der Waals surface area contributed by atoms with Crippen molar-refractivity contribution >= 4 is 21.7 Å². The van der Waals surface area contributed by atoms with Gasteiger partial charge in [-0.15, -0.1) is 0 Å². The van der Waals surface area contributed by atoms with Crippen LogP contribution in [0, 0.1) is 0 Å². The van der Waals surface area contributed by atoms with Crippen LogP contribution in [-0.2, 0) is 10.3 Å². The van der Waals surface area contributed by atoms with Gasteiger partial charge in [0.2, 0.25) is 0 Å². The number of rotatable bonds is 4. The molecule has 1 aliphatic rings. The average Bonchev–Trinajstić information content (AvgIpc) is 2.29. The number of aromatic nitrogens is 2. The Morgan fingerprint density at radius 2 is 2.00 bits per heavy atom. The highest BCUT2D eigenvalue weighted by atomic mass is 79.9. The monoisotopic (exact) mass is 313 g/mol. The fraction of sp³-hybridized carbons (Fsp3) is 0.692. The Balaban J connectivity index is 2.51. The van der Waals surface area contributed by atoms with E-state index in [2.05, 4.69) is 40.1 Å². The van der Waals surface area contributed by atoms with Gasteiger partial charge in [-0.2, -0.15) is 0 Å². The minimum atomic E-state index is -0.268. The van der Waals surface area contributed by atoms with Crippen LogP contribution in [0.2, 0.25) is 0 Å². The molecule has 100 valence electrons. The smallest absolute Gasteiger partial charge is 0.162 e. The second-order valence-electron chi connectivity index (χ2n) is 5.05. The predicted octanol–water partition coefficient (Wildman–Crippen LogP) is 3.43. The van der Waals surface area contributed by atoms with Gasteiger partial charge in [0.1, 0.15) is 11.4 Å². The van der Waals surface area contributed by atoms with Crippen molar-refractivity contribution in [2.45, 2.75) is 44.6 Å². The molecule has 4 nitrogen and oxygen atoms in total. The maximum absolute atomic E-state index is 5.67. The van der Waals surface area contributed by atoms with Crippen LogP contribution in [0.1, 0.15) is 50.5 Å². The van der Waals surface area contributed by atoms with E-state index in [0.717, 1.165) is 34.7 Å². The molecule has 1 aliphatic carbocycles. The van der Waals surface area contributed by atoms with Crippen LogP contribution >= 0.6 is 15.9 Å². The topological polar surface area (TPSA) is 47.0 Å². The molecule has 1 aromatic rings. The summed E-state index contributed by atoms with van der Waals surface area (Å²) >= 11 is 3.58. The Morgan fingerprint density at radius 1 is 1.33 bits per heavy atom. The van der Waals surface area contributed by atoms with Crippen molar-refractivity contribution in [2.24, 2.45) is 0 Å². The van der Waals surface area contributed by atoms with Gasteiger partial charge in [0.15, 0.2) is 5.82 Å². The van der Waals surface area contributed by atoms with E-state index in [0.29, 0.717) is 5.92 Å². The second kappa shape index (κ2) is 5.13. The molecule has 0 saturated heterocycles. The van der Waals surface area contributed by atoms with E-state index in [9.17, 15) is 0 Å². The first-order chi connectivity index (χ1) is 8.54. The Labute approximate surface area is 117 Å². The van der Waals surface area contributed by atoms with E-state index in [1.165, 1.54) is 6.42 Å². The van der Waals surface area contributed by atoms with Crippen LogP contribution in [0.25, 0.3) is 0 Å². The molecule has 1 N–H and O–H groups in total. The summed E-state index contributed by atoms with van der Waals surface area (Å²) in [7, 11) is 3.62. The highest BCUT2D eigenvalue weighted by Crippen LogP contribution is 2.44. The van der Waals surface area contributed by atoms with E-state index < -0.39 is 0 Å². The van der Waals surface area contributed by atoms with Gasteiger partial charge in [-0.05, 0) is 41.1 Å². The van der Waals surface area contributed by atoms with Crippen molar-refractivity contribution in [3.05, 3.63) is 16.0 Å². The van der Waals surface area contributed by atoms with Gasteiger partial charge in [-0.25, -0.2) is 9.97 Å². The van der Waals surface area contributed by atoms with Gasteiger partial charge in [-0.1, -0.05) is 13.8 Å². The number of nitrogens with one attached hydrogen (secondary N) is 1. The Bertz CT molecular complexity index is 439. The first-order valence-electron chi connectivity index (χ1n) is 6.35. The summed E-state index contributed by atoms with van der Waals surface area (Å²) in [6, 6.07) is 0. The van der Waals surface area contributed by atoms with Crippen LogP contribution in [0.3, 0.4) is 0 Å². The third-order valence-electron chi connectivity index (χ3n) is 3.62. The fourth-order valence-corrected chi connectivity index (χ4v) is 3.07. The summed E-state index contributed by atoms with van der Waals surface area (Å²) in [5.41, 5.74) is 0.767. The molecular formula is C13H20BrN3O. The third-order valence-corrected chi connectivity index (χ3v) is 4.40. The first kappa shape index (κ1) is 13.7. The fourth-order valence-electron chi connectivity index (χ4n) is 2.23. The molecule has 5 heteroatoms. The summed E-state index contributed by atoms with van der Waals surface area (Å²) < 4.78 is 6.62. The lowest BCUT2D eigenvalue weighted by Crippen LogP contribution is -2.38. The summed E-state index contributed by atoms with van der Waals surface area (Å²) in [6.45, 7) is 4.27. The zero-order chi connectivity index (χ0) is 13.3. The van der Waals surface area contributed by atoms with Crippen molar-refractivity contribution in [2.75, 3.05) is 19.5 Å². The summed E-state index contributed by atoms with van der Waals surface area (Å²) in [4.78, 5) is 9.33. The Hall–Kier alpha value is -0.680. The standard InChI is InChI=1S/C13H20BrN3O/c1-8(2)10-9(14)11(15-3)17-12(16-10)13(18-4)6-5-7-13/h8H,5-7H2,1-4H3,(H,15,16,17). The molecule has 0 atom stereocenters. The lowest BCUT2D eigenvalue weighted by molar-refractivity contribution is -0.0847. The average molecular weight is 314 g/mol. The summed E-state index contributed by atoms with van der Waals surface area (Å²) in [5, 5.41) is 3.12. The van der Waals surface area contributed by atoms with Gasteiger partial charge >= 0.3 is 0 Å². The predicted molar refractivity (Wildman–Crippen MR) is 75.9 cm³/mol. The van der Waals surface area contributed by atoms with E-state index in [-0.39, 0.29) is 5.60 Å². The second-order valence-corrected chi connectivity index (χ2v) is 5.84. The normalized spacial score (nSPS) is 17.7. The van der Waals surface area contributed by atoms with E-state index in [4.69, 9.17) is 9.72 Å². The molecule has 0 amide bonds. The van der Waals surface area contributed by atoms with Gasteiger partial charge < -0.3 is 10.1 Å². The summed E-state index contributed by atoms with van der Waals surface area (Å²) in [6.07, 6.45) is 3.19. The van der Waals surface area contributed by atoms with Crippen LogP contribution in [0.15, 0.2) is 4.47 Å². The number of methoxy groups -OCH3 is 1. The molecule has 1 heterocycles. The first-order valence-corrected chi connectivity index (χ1v) is 7.14. The highest BCUT2D eigenvalue weighted by molar-refractivity contribution is 9.10. The number of halogens is 1. The molecule has 1 saturated carbocycles. The van der Waals surface area contributed by atoms with Crippen LogP contribution in [0.4, 0.5) is 5.82 Å². The maximum atomic E-state index is 5.67. The summed E-state index contributed by atoms with van der Waals surface area (Å²) in [5.74, 6) is 2.00. The Kier molecular flexibility index (Phi) is 3.92. The molecule has 18 heavy (non-hydrogen) atoms. The van der Waals surface area contributed by atoms with Crippen molar-refractivity contribution in [1.29, 1.82) is 0 Å². The van der Waals surface area contributed by atoms with Crippen molar-refractivity contribution in [3.8, 4) is 0 Å². The van der Waals surface area contributed by atoms with Gasteiger partial charge in [0, 0.05) is 14.2 Å². The van der Waals surface area contributed by atoms with Crippen LogP contribution in [-0.4, -0.2) is 24.1 Å². The van der Waals surface area contributed by atoms with Crippen LogP contribution < -0.4 is 5.32 Å². The molecule has 0 aliphatic heterocycles.